The van der Waals surface area contributed by atoms with Crippen molar-refractivity contribution in [1.29, 1.82) is 5.26 Å². The van der Waals surface area contributed by atoms with E-state index in [9.17, 15) is 13.2 Å². The summed E-state index contributed by atoms with van der Waals surface area (Å²) in [6, 6.07) is 17.4. The summed E-state index contributed by atoms with van der Waals surface area (Å²) in [5, 5.41) is 10.8. The first kappa shape index (κ1) is 22.6. The van der Waals surface area contributed by atoms with E-state index in [4.69, 9.17) is 10.00 Å². The van der Waals surface area contributed by atoms with Gasteiger partial charge in [0.05, 0.1) is 28.4 Å². The molecule has 0 aliphatic carbocycles. The molecule has 4 rings (SSSR count). The van der Waals surface area contributed by atoms with Crippen LogP contribution in [0.5, 0.6) is 5.75 Å². The van der Waals surface area contributed by atoms with Crippen LogP contribution < -0.4 is 4.74 Å². The monoisotopic (exact) mass is 464 g/mol. The lowest BCUT2D eigenvalue weighted by molar-refractivity contribution is -0.139. The van der Waals surface area contributed by atoms with Crippen molar-refractivity contribution in [2.24, 2.45) is 0 Å². The quantitative estimate of drug-likeness (QED) is 0.306. The molecule has 166 valence electrons. The lowest BCUT2D eigenvalue weighted by atomic mass is 9.96. The molecular formula is C26H19F3N2OS. The van der Waals surface area contributed by atoms with Gasteiger partial charge >= 0.3 is 6.18 Å². The number of nitrogens with zero attached hydrogens (tertiary/aromatic N) is 2. The average molecular weight is 465 g/mol. The Morgan fingerprint density at radius 2 is 1.82 bits per heavy atom. The Morgan fingerprint density at radius 1 is 1.00 bits per heavy atom. The molecule has 3 aromatic carbocycles. The van der Waals surface area contributed by atoms with Gasteiger partial charge in [-0.3, -0.25) is 0 Å². The third-order valence-corrected chi connectivity index (χ3v) is 6.00. The SMILES string of the molecule is Cc1cc(-c2ccc(C#N)cc2C)ccc1COc1c(-c2cscn2)cccc1C(F)(F)F. The van der Waals surface area contributed by atoms with Gasteiger partial charge in [0.15, 0.2) is 0 Å². The number of nitriles is 1. The summed E-state index contributed by atoms with van der Waals surface area (Å²) in [4.78, 5) is 4.16. The summed E-state index contributed by atoms with van der Waals surface area (Å²) >= 11 is 1.31. The van der Waals surface area contributed by atoms with Gasteiger partial charge in [0.2, 0.25) is 0 Å². The first-order valence-electron chi connectivity index (χ1n) is 10.1. The zero-order valence-electron chi connectivity index (χ0n) is 17.9. The third-order valence-electron chi connectivity index (χ3n) is 5.41. The Morgan fingerprint density at radius 3 is 2.45 bits per heavy atom. The van der Waals surface area contributed by atoms with Gasteiger partial charge < -0.3 is 4.74 Å². The van der Waals surface area contributed by atoms with Crippen LogP contribution in [0, 0.1) is 25.2 Å². The van der Waals surface area contributed by atoms with E-state index in [0.29, 0.717) is 16.8 Å². The van der Waals surface area contributed by atoms with Crippen molar-refractivity contribution < 1.29 is 17.9 Å². The van der Waals surface area contributed by atoms with Crippen molar-refractivity contribution >= 4 is 11.3 Å². The predicted molar refractivity (Wildman–Crippen MR) is 123 cm³/mol. The molecule has 0 fully saturated rings. The van der Waals surface area contributed by atoms with Gasteiger partial charge in [-0.2, -0.15) is 18.4 Å². The fraction of sp³-hybridized carbons (Fsp3) is 0.154. The van der Waals surface area contributed by atoms with E-state index in [1.165, 1.54) is 17.4 Å². The molecule has 0 saturated heterocycles. The van der Waals surface area contributed by atoms with E-state index in [0.717, 1.165) is 33.9 Å². The molecule has 0 bridgehead atoms. The molecule has 3 nitrogen and oxygen atoms in total. The number of hydrogen-bond acceptors (Lipinski definition) is 4. The third kappa shape index (κ3) is 4.76. The first-order valence-corrected chi connectivity index (χ1v) is 11.0. The number of aromatic nitrogens is 1. The molecule has 0 aliphatic heterocycles. The molecule has 0 atom stereocenters. The van der Waals surface area contributed by atoms with Gasteiger partial charge in [-0.05, 0) is 65.9 Å². The molecule has 0 N–H and O–H groups in total. The highest BCUT2D eigenvalue weighted by molar-refractivity contribution is 7.07. The van der Waals surface area contributed by atoms with Crippen molar-refractivity contribution in [1.82, 2.24) is 4.98 Å². The standard InChI is InChI=1S/C26H19F3N2OS/c1-16-11-19(21-9-6-18(12-30)10-17(21)2)7-8-20(16)13-32-25-22(24-14-33-15-31-24)4-3-5-23(25)26(27,28)29/h3-11,14-15H,13H2,1-2H3. The Kier molecular flexibility index (Phi) is 6.21. The summed E-state index contributed by atoms with van der Waals surface area (Å²) in [5.74, 6) is -0.220. The van der Waals surface area contributed by atoms with E-state index >= 15 is 0 Å². The lowest BCUT2D eigenvalue weighted by Gasteiger charge is -2.18. The summed E-state index contributed by atoms with van der Waals surface area (Å²) in [6.45, 7) is 3.83. The van der Waals surface area contributed by atoms with Crippen LogP contribution >= 0.6 is 11.3 Å². The maximum absolute atomic E-state index is 13.7. The van der Waals surface area contributed by atoms with Crippen LogP contribution in [0.25, 0.3) is 22.4 Å². The number of thiazole rings is 1. The Balaban J connectivity index is 1.65. The van der Waals surface area contributed by atoms with Crippen molar-refractivity contribution in [3.63, 3.8) is 0 Å². The second kappa shape index (κ2) is 9.08. The molecule has 0 radical (unpaired) electrons. The van der Waals surface area contributed by atoms with Crippen molar-refractivity contribution in [2.75, 3.05) is 0 Å². The van der Waals surface area contributed by atoms with Crippen molar-refractivity contribution in [3.8, 4) is 34.2 Å². The maximum Gasteiger partial charge on any atom is 0.419 e. The summed E-state index contributed by atoms with van der Waals surface area (Å²) in [6.07, 6.45) is -4.55. The number of ether oxygens (including phenoxy) is 1. The predicted octanol–water partition coefficient (Wildman–Crippen LogP) is 7.56. The number of rotatable bonds is 5. The van der Waals surface area contributed by atoms with E-state index in [2.05, 4.69) is 11.1 Å². The first-order chi connectivity index (χ1) is 15.8. The van der Waals surface area contributed by atoms with Crippen LogP contribution in [-0.4, -0.2) is 4.98 Å². The molecule has 1 aromatic heterocycles. The minimum atomic E-state index is -4.55. The van der Waals surface area contributed by atoms with Crippen LogP contribution in [0.1, 0.15) is 27.8 Å². The second-order valence-corrected chi connectivity index (χ2v) is 8.34. The van der Waals surface area contributed by atoms with Crippen LogP contribution in [0.4, 0.5) is 13.2 Å². The summed E-state index contributed by atoms with van der Waals surface area (Å²) in [5.41, 5.74) is 6.74. The van der Waals surface area contributed by atoms with Gasteiger partial charge in [-0.25, -0.2) is 4.98 Å². The number of para-hydroxylation sites is 1. The molecule has 1 heterocycles. The highest BCUT2D eigenvalue weighted by atomic mass is 32.1. The molecule has 0 amide bonds. The second-order valence-electron chi connectivity index (χ2n) is 7.63. The molecular weight excluding hydrogens is 445 g/mol. The number of alkyl halides is 3. The van der Waals surface area contributed by atoms with Gasteiger partial charge in [-0.1, -0.05) is 30.3 Å². The van der Waals surface area contributed by atoms with Crippen molar-refractivity contribution in [2.45, 2.75) is 26.6 Å². The zero-order chi connectivity index (χ0) is 23.6. The molecule has 0 saturated carbocycles. The van der Waals surface area contributed by atoms with Gasteiger partial charge in [-0.15, -0.1) is 11.3 Å². The molecule has 4 aromatic rings. The molecule has 0 aliphatic rings. The van der Waals surface area contributed by atoms with Gasteiger partial charge in [0.1, 0.15) is 12.4 Å². The van der Waals surface area contributed by atoms with Crippen LogP contribution in [0.2, 0.25) is 0 Å². The highest BCUT2D eigenvalue weighted by Crippen LogP contribution is 2.42. The Bertz CT molecular complexity index is 1340. The van der Waals surface area contributed by atoms with E-state index in [-0.39, 0.29) is 12.4 Å². The van der Waals surface area contributed by atoms with E-state index in [1.54, 1.807) is 23.0 Å². The van der Waals surface area contributed by atoms with Crippen LogP contribution in [0.3, 0.4) is 0 Å². The minimum Gasteiger partial charge on any atom is -0.488 e. The fourth-order valence-corrected chi connectivity index (χ4v) is 4.25. The number of benzene rings is 3. The molecule has 33 heavy (non-hydrogen) atoms. The number of aryl methyl sites for hydroxylation is 2. The number of hydrogen-bond donors (Lipinski definition) is 0. The molecule has 7 heteroatoms. The van der Waals surface area contributed by atoms with Crippen LogP contribution in [0.15, 0.2) is 65.5 Å². The Labute approximate surface area is 193 Å². The smallest absolute Gasteiger partial charge is 0.419 e. The normalized spacial score (nSPS) is 11.3. The Hall–Kier alpha value is -3.63. The largest absolute Gasteiger partial charge is 0.488 e. The highest BCUT2D eigenvalue weighted by Gasteiger charge is 2.35. The molecule has 0 spiro atoms. The minimum absolute atomic E-state index is 0.0112. The van der Waals surface area contributed by atoms with Gasteiger partial charge in [0, 0.05) is 10.9 Å². The topological polar surface area (TPSA) is 45.9 Å². The van der Waals surface area contributed by atoms with E-state index < -0.39 is 11.7 Å². The van der Waals surface area contributed by atoms with E-state index in [1.807, 2.05) is 44.2 Å². The number of halogens is 3. The fourth-order valence-electron chi connectivity index (χ4n) is 3.70. The van der Waals surface area contributed by atoms with Gasteiger partial charge in [0.25, 0.3) is 0 Å². The zero-order valence-corrected chi connectivity index (χ0v) is 18.7. The average Bonchev–Trinajstić information content (AvgIpc) is 3.32. The maximum atomic E-state index is 13.7. The van der Waals surface area contributed by atoms with Crippen molar-refractivity contribution in [3.05, 3.63) is 93.3 Å². The summed E-state index contributed by atoms with van der Waals surface area (Å²) in [7, 11) is 0. The molecule has 0 unspecified atom stereocenters. The lowest BCUT2D eigenvalue weighted by Crippen LogP contribution is -2.10. The summed E-state index contributed by atoms with van der Waals surface area (Å²) < 4.78 is 46.9. The van der Waals surface area contributed by atoms with Crippen LogP contribution in [-0.2, 0) is 12.8 Å².